The number of nitrogens with zero attached hydrogens (tertiary/aromatic N) is 1. The van der Waals surface area contributed by atoms with Gasteiger partial charge in [0.2, 0.25) is 5.91 Å². The van der Waals surface area contributed by atoms with Crippen molar-refractivity contribution in [2.75, 3.05) is 20.1 Å². The first-order valence-electron chi connectivity index (χ1n) is 8.00. The van der Waals surface area contributed by atoms with Crippen molar-refractivity contribution in [3.63, 3.8) is 0 Å². The number of aliphatic hydroxyl groups is 1. The molecule has 2 rings (SSSR count). The highest BCUT2D eigenvalue weighted by atomic mass is 16.3. The zero-order chi connectivity index (χ0) is 15.2. The van der Waals surface area contributed by atoms with Crippen molar-refractivity contribution in [2.45, 2.75) is 57.1 Å². The van der Waals surface area contributed by atoms with E-state index in [1.165, 1.54) is 6.42 Å². The Balaban J connectivity index is 1.60. The zero-order valence-electron chi connectivity index (χ0n) is 12.8. The molecular formula is C15H27N3O3. The van der Waals surface area contributed by atoms with Crippen LogP contribution in [-0.2, 0) is 4.79 Å². The Morgan fingerprint density at radius 2 is 1.86 bits per heavy atom. The van der Waals surface area contributed by atoms with Crippen LogP contribution in [0.5, 0.6) is 0 Å². The minimum atomic E-state index is -0.376. The van der Waals surface area contributed by atoms with Gasteiger partial charge in [-0.1, -0.05) is 19.3 Å². The summed E-state index contributed by atoms with van der Waals surface area (Å²) in [6, 6.07) is -0.167. The van der Waals surface area contributed by atoms with E-state index in [0.717, 1.165) is 45.1 Å². The standard InChI is InChI=1S/C15H27N3O3/c1-18(9-11-7-13(19)8-11)10-14(20)17-15(21)16-12-5-3-2-4-6-12/h11-13,19H,2-10H2,1H3,(H2,16,17,20,21). The molecule has 0 unspecified atom stereocenters. The maximum atomic E-state index is 11.8. The third-order valence-electron chi connectivity index (χ3n) is 4.39. The summed E-state index contributed by atoms with van der Waals surface area (Å²) < 4.78 is 0. The third-order valence-corrected chi connectivity index (χ3v) is 4.39. The topological polar surface area (TPSA) is 81.7 Å². The van der Waals surface area contributed by atoms with E-state index in [1.54, 1.807) is 0 Å². The largest absolute Gasteiger partial charge is 0.393 e. The van der Waals surface area contributed by atoms with Gasteiger partial charge in [-0.25, -0.2) is 4.79 Å². The molecule has 0 aromatic heterocycles. The maximum Gasteiger partial charge on any atom is 0.321 e. The highest BCUT2D eigenvalue weighted by Gasteiger charge is 2.28. The van der Waals surface area contributed by atoms with Gasteiger partial charge >= 0.3 is 6.03 Å². The molecule has 2 aliphatic rings. The summed E-state index contributed by atoms with van der Waals surface area (Å²) in [4.78, 5) is 25.4. The van der Waals surface area contributed by atoms with Gasteiger partial charge in [0.15, 0.2) is 0 Å². The summed E-state index contributed by atoms with van der Waals surface area (Å²) in [5.74, 6) is 0.194. The SMILES string of the molecule is CN(CC(=O)NC(=O)NC1CCCCC1)CC1CC(O)C1. The van der Waals surface area contributed by atoms with Crippen molar-refractivity contribution in [1.82, 2.24) is 15.5 Å². The number of aliphatic hydroxyl groups excluding tert-OH is 1. The van der Waals surface area contributed by atoms with Crippen LogP contribution in [0.25, 0.3) is 0 Å². The molecule has 6 nitrogen and oxygen atoms in total. The summed E-state index contributed by atoms with van der Waals surface area (Å²) in [5, 5.41) is 14.5. The smallest absolute Gasteiger partial charge is 0.321 e. The van der Waals surface area contributed by atoms with Gasteiger partial charge in [-0.05, 0) is 38.6 Å². The van der Waals surface area contributed by atoms with Crippen molar-refractivity contribution in [3.05, 3.63) is 0 Å². The third kappa shape index (κ3) is 5.63. The number of likely N-dealkylation sites (N-methyl/N-ethyl adjacent to an activating group) is 1. The minimum Gasteiger partial charge on any atom is -0.393 e. The molecule has 2 aliphatic carbocycles. The van der Waals surface area contributed by atoms with E-state index in [4.69, 9.17) is 0 Å². The van der Waals surface area contributed by atoms with Crippen LogP contribution >= 0.6 is 0 Å². The molecule has 3 N–H and O–H groups in total. The fraction of sp³-hybridized carbons (Fsp3) is 0.867. The van der Waals surface area contributed by atoms with E-state index in [0.29, 0.717) is 5.92 Å². The molecule has 0 bridgehead atoms. The second-order valence-corrected chi connectivity index (χ2v) is 6.54. The first-order valence-corrected chi connectivity index (χ1v) is 8.00. The predicted octanol–water partition coefficient (Wildman–Crippen LogP) is 0.848. The number of rotatable bonds is 5. The van der Waals surface area contributed by atoms with Gasteiger partial charge in [0.05, 0.1) is 12.6 Å². The Hall–Kier alpha value is -1.14. The number of imide groups is 1. The molecule has 0 aliphatic heterocycles. The highest BCUT2D eigenvalue weighted by molar-refractivity contribution is 5.95. The second-order valence-electron chi connectivity index (χ2n) is 6.54. The number of hydrogen-bond acceptors (Lipinski definition) is 4. The number of carbonyl (C=O) groups is 2. The van der Waals surface area contributed by atoms with Crippen molar-refractivity contribution in [1.29, 1.82) is 0 Å². The second kappa shape index (κ2) is 7.75. The summed E-state index contributed by atoms with van der Waals surface area (Å²) >= 11 is 0. The molecule has 2 fully saturated rings. The van der Waals surface area contributed by atoms with Crippen molar-refractivity contribution in [3.8, 4) is 0 Å². The van der Waals surface area contributed by atoms with Crippen molar-refractivity contribution in [2.24, 2.45) is 5.92 Å². The molecule has 0 saturated heterocycles. The van der Waals surface area contributed by atoms with Gasteiger partial charge in [0.25, 0.3) is 0 Å². The molecule has 21 heavy (non-hydrogen) atoms. The van der Waals surface area contributed by atoms with Crippen LogP contribution in [0.2, 0.25) is 0 Å². The molecule has 0 heterocycles. The van der Waals surface area contributed by atoms with E-state index in [-0.39, 0.29) is 30.6 Å². The lowest BCUT2D eigenvalue weighted by atomic mass is 9.82. The minimum absolute atomic E-state index is 0.168. The van der Waals surface area contributed by atoms with Gasteiger partial charge in [-0.15, -0.1) is 0 Å². The molecule has 0 aromatic carbocycles. The van der Waals surface area contributed by atoms with Crippen LogP contribution in [0.1, 0.15) is 44.9 Å². The first kappa shape index (κ1) is 16.2. The van der Waals surface area contributed by atoms with Gasteiger partial charge in [-0.3, -0.25) is 15.0 Å². The molecule has 0 aromatic rings. The molecular weight excluding hydrogens is 270 g/mol. The Morgan fingerprint density at radius 3 is 2.48 bits per heavy atom. The number of amides is 3. The monoisotopic (exact) mass is 297 g/mol. The molecule has 6 heteroatoms. The van der Waals surface area contributed by atoms with Crippen LogP contribution in [0.15, 0.2) is 0 Å². The number of hydrogen-bond donors (Lipinski definition) is 3. The van der Waals surface area contributed by atoms with Crippen molar-refractivity contribution < 1.29 is 14.7 Å². The van der Waals surface area contributed by atoms with E-state index >= 15 is 0 Å². The van der Waals surface area contributed by atoms with Gasteiger partial charge in [0.1, 0.15) is 0 Å². The Bertz CT molecular complexity index is 363. The van der Waals surface area contributed by atoms with E-state index in [2.05, 4.69) is 10.6 Å². The molecule has 2 saturated carbocycles. The summed E-state index contributed by atoms with van der Waals surface area (Å²) in [6.07, 6.45) is 7.00. The van der Waals surface area contributed by atoms with Crippen LogP contribution in [-0.4, -0.2) is 54.2 Å². The van der Waals surface area contributed by atoms with E-state index < -0.39 is 0 Å². The summed E-state index contributed by atoms with van der Waals surface area (Å²) in [6.45, 7) is 0.999. The lowest BCUT2D eigenvalue weighted by Gasteiger charge is -2.34. The van der Waals surface area contributed by atoms with E-state index in [9.17, 15) is 14.7 Å². The van der Waals surface area contributed by atoms with E-state index in [1.807, 2.05) is 11.9 Å². The predicted molar refractivity (Wildman–Crippen MR) is 79.8 cm³/mol. The zero-order valence-corrected chi connectivity index (χ0v) is 12.8. The molecule has 120 valence electrons. The number of nitrogens with one attached hydrogen (secondary N) is 2. The van der Waals surface area contributed by atoms with Crippen molar-refractivity contribution >= 4 is 11.9 Å². The normalized spacial score (nSPS) is 26.2. The fourth-order valence-electron chi connectivity index (χ4n) is 3.23. The number of carbonyl (C=O) groups excluding carboxylic acids is 2. The fourth-order valence-corrected chi connectivity index (χ4v) is 3.23. The molecule has 0 spiro atoms. The Morgan fingerprint density at radius 1 is 1.19 bits per heavy atom. The lowest BCUT2D eigenvalue weighted by molar-refractivity contribution is -0.121. The van der Waals surface area contributed by atoms with Gasteiger partial charge in [-0.2, -0.15) is 0 Å². The van der Waals surface area contributed by atoms with Crippen LogP contribution in [0.4, 0.5) is 4.79 Å². The average Bonchev–Trinajstić information content (AvgIpc) is 2.37. The summed E-state index contributed by atoms with van der Waals surface area (Å²) in [5.41, 5.74) is 0. The first-order chi connectivity index (χ1) is 10.0. The lowest BCUT2D eigenvalue weighted by Crippen LogP contribution is -2.48. The Kier molecular flexibility index (Phi) is 5.99. The molecule has 0 atom stereocenters. The quantitative estimate of drug-likeness (QED) is 0.702. The number of urea groups is 1. The maximum absolute atomic E-state index is 11.8. The van der Waals surface area contributed by atoms with Gasteiger partial charge in [0, 0.05) is 12.6 Å². The molecule has 3 amide bonds. The summed E-state index contributed by atoms with van der Waals surface area (Å²) in [7, 11) is 1.86. The Labute approximate surface area is 126 Å². The van der Waals surface area contributed by atoms with Crippen LogP contribution in [0.3, 0.4) is 0 Å². The average molecular weight is 297 g/mol. The molecule has 0 radical (unpaired) electrons. The highest BCUT2D eigenvalue weighted by Crippen LogP contribution is 2.27. The van der Waals surface area contributed by atoms with Gasteiger partial charge < -0.3 is 10.4 Å². The van der Waals surface area contributed by atoms with Crippen LogP contribution < -0.4 is 10.6 Å². The van der Waals surface area contributed by atoms with Crippen LogP contribution in [0, 0.1) is 5.92 Å².